The molecule has 2 aromatic rings. The van der Waals surface area contributed by atoms with Crippen LogP contribution in [-0.4, -0.2) is 21.3 Å². The highest BCUT2D eigenvalue weighted by molar-refractivity contribution is 5.96. The fraction of sp³-hybridized carbons (Fsp3) is 0. The number of aromatic nitrogens is 3. The molecule has 1 heterocycles. The number of primary amides is 1. The lowest BCUT2D eigenvalue weighted by atomic mass is 10.1. The Morgan fingerprint density at radius 2 is 1.88 bits per heavy atom. The van der Waals surface area contributed by atoms with Crippen molar-refractivity contribution in [1.82, 2.24) is 15.4 Å². The lowest BCUT2D eigenvalue weighted by Gasteiger charge is -2.01. The maximum Gasteiger partial charge on any atom is 0.271 e. The zero-order valence-electron chi connectivity index (χ0n) is 7.87. The van der Waals surface area contributed by atoms with Crippen LogP contribution in [0.25, 0.3) is 11.3 Å². The smallest absolute Gasteiger partial charge is 0.271 e. The lowest BCUT2D eigenvalue weighted by molar-refractivity contribution is 0.0996. The SMILES string of the molecule is NC(=O)c1n[nH]nc1-c1c(F)cccc1F. The summed E-state index contributed by atoms with van der Waals surface area (Å²) in [6, 6.07) is 3.31. The third-order valence-corrected chi connectivity index (χ3v) is 1.98. The Hall–Kier alpha value is -2.31. The third-order valence-electron chi connectivity index (χ3n) is 1.98. The zero-order valence-corrected chi connectivity index (χ0v) is 7.87. The molecule has 16 heavy (non-hydrogen) atoms. The van der Waals surface area contributed by atoms with E-state index in [0.717, 1.165) is 12.1 Å². The number of nitrogens with zero attached hydrogens (tertiary/aromatic N) is 2. The number of nitrogens with one attached hydrogen (secondary N) is 1. The fourth-order valence-corrected chi connectivity index (χ4v) is 1.30. The topological polar surface area (TPSA) is 84.7 Å². The third kappa shape index (κ3) is 1.52. The summed E-state index contributed by atoms with van der Waals surface area (Å²) in [6.45, 7) is 0. The maximum atomic E-state index is 13.4. The monoisotopic (exact) mass is 224 g/mol. The van der Waals surface area contributed by atoms with E-state index < -0.39 is 23.1 Å². The maximum absolute atomic E-state index is 13.4. The van der Waals surface area contributed by atoms with Crippen molar-refractivity contribution in [2.75, 3.05) is 0 Å². The van der Waals surface area contributed by atoms with Crippen molar-refractivity contribution < 1.29 is 13.6 Å². The molecule has 0 bridgehead atoms. The molecule has 0 saturated heterocycles. The number of benzene rings is 1. The molecule has 0 aliphatic heterocycles. The van der Waals surface area contributed by atoms with Gasteiger partial charge in [0, 0.05) is 0 Å². The second kappa shape index (κ2) is 3.69. The van der Waals surface area contributed by atoms with E-state index in [-0.39, 0.29) is 11.4 Å². The molecule has 0 spiro atoms. The molecule has 7 heteroatoms. The molecule has 1 aromatic carbocycles. The Kier molecular flexibility index (Phi) is 2.35. The molecular formula is C9H6F2N4O. The van der Waals surface area contributed by atoms with E-state index in [1.54, 1.807) is 0 Å². The van der Waals surface area contributed by atoms with Crippen molar-refractivity contribution in [2.24, 2.45) is 5.73 Å². The molecule has 3 N–H and O–H groups in total. The Morgan fingerprint density at radius 1 is 1.25 bits per heavy atom. The Bertz CT molecular complexity index is 532. The minimum atomic E-state index is -0.911. The largest absolute Gasteiger partial charge is 0.364 e. The van der Waals surface area contributed by atoms with Gasteiger partial charge in [0.05, 0.1) is 5.56 Å². The summed E-state index contributed by atoms with van der Waals surface area (Å²) in [5.74, 6) is -2.58. The van der Waals surface area contributed by atoms with Crippen LogP contribution < -0.4 is 5.73 Å². The van der Waals surface area contributed by atoms with Crippen molar-refractivity contribution >= 4 is 5.91 Å². The first-order valence-corrected chi connectivity index (χ1v) is 4.26. The van der Waals surface area contributed by atoms with Gasteiger partial charge in [0.25, 0.3) is 5.91 Å². The highest BCUT2D eigenvalue weighted by Gasteiger charge is 2.21. The molecule has 0 aliphatic carbocycles. The van der Waals surface area contributed by atoms with Crippen molar-refractivity contribution in [3.05, 3.63) is 35.5 Å². The number of carbonyl (C=O) groups is 1. The van der Waals surface area contributed by atoms with Crippen LogP contribution in [0.2, 0.25) is 0 Å². The number of H-pyrrole nitrogens is 1. The first kappa shape index (κ1) is 10.2. The minimum absolute atomic E-state index is 0.233. The number of hydrogen-bond donors (Lipinski definition) is 2. The number of halogens is 2. The van der Waals surface area contributed by atoms with Crippen molar-refractivity contribution in [3.63, 3.8) is 0 Å². The van der Waals surface area contributed by atoms with Gasteiger partial charge < -0.3 is 5.73 Å². The van der Waals surface area contributed by atoms with Gasteiger partial charge in [-0.3, -0.25) is 4.79 Å². The number of nitrogens with two attached hydrogens (primary N) is 1. The fourth-order valence-electron chi connectivity index (χ4n) is 1.30. The Morgan fingerprint density at radius 3 is 2.44 bits per heavy atom. The molecule has 1 aromatic heterocycles. The van der Waals surface area contributed by atoms with Gasteiger partial charge in [-0.05, 0) is 12.1 Å². The van der Waals surface area contributed by atoms with Gasteiger partial charge in [-0.15, -0.1) is 0 Å². The number of carbonyl (C=O) groups excluding carboxylic acids is 1. The first-order chi connectivity index (χ1) is 7.61. The Labute approximate surface area is 88.3 Å². The Balaban J connectivity index is 2.68. The van der Waals surface area contributed by atoms with Crippen LogP contribution in [0.15, 0.2) is 18.2 Å². The summed E-state index contributed by atoms with van der Waals surface area (Å²) in [5.41, 5.74) is 4.03. The average Bonchev–Trinajstić information content (AvgIpc) is 2.66. The summed E-state index contributed by atoms with van der Waals surface area (Å²) in [5, 5.41) is 9.04. The van der Waals surface area contributed by atoms with Crippen LogP contribution in [-0.2, 0) is 0 Å². The highest BCUT2D eigenvalue weighted by Crippen LogP contribution is 2.25. The van der Waals surface area contributed by atoms with Crippen LogP contribution in [0, 0.1) is 11.6 Å². The first-order valence-electron chi connectivity index (χ1n) is 4.26. The number of rotatable bonds is 2. The molecule has 2 rings (SSSR count). The van der Waals surface area contributed by atoms with E-state index in [2.05, 4.69) is 15.4 Å². The van der Waals surface area contributed by atoms with Crippen molar-refractivity contribution in [1.29, 1.82) is 0 Å². The summed E-state index contributed by atoms with van der Waals surface area (Å²) in [4.78, 5) is 10.9. The van der Waals surface area contributed by atoms with Crippen LogP contribution in [0.3, 0.4) is 0 Å². The van der Waals surface area contributed by atoms with Gasteiger partial charge in [0.1, 0.15) is 17.3 Å². The molecule has 0 saturated carbocycles. The molecule has 0 aliphatic rings. The number of amides is 1. The molecule has 0 atom stereocenters. The second-order valence-electron chi connectivity index (χ2n) is 2.98. The van der Waals surface area contributed by atoms with E-state index in [1.165, 1.54) is 6.07 Å². The minimum Gasteiger partial charge on any atom is -0.364 e. The van der Waals surface area contributed by atoms with E-state index in [0.29, 0.717) is 0 Å². The summed E-state index contributed by atoms with van der Waals surface area (Å²) < 4.78 is 26.8. The van der Waals surface area contributed by atoms with E-state index in [9.17, 15) is 13.6 Å². The normalized spacial score (nSPS) is 10.4. The standard InChI is InChI=1S/C9H6F2N4O/c10-4-2-1-3-5(11)6(4)7-8(9(12)16)14-15-13-7/h1-3H,(H2,12,16)(H,13,14,15). The van der Waals surface area contributed by atoms with Gasteiger partial charge >= 0.3 is 0 Å². The average molecular weight is 224 g/mol. The summed E-state index contributed by atoms with van der Waals surface area (Å²) in [7, 11) is 0. The molecule has 0 radical (unpaired) electrons. The van der Waals surface area contributed by atoms with Crippen LogP contribution in [0.1, 0.15) is 10.5 Å². The van der Waals surface area contributed by atoms with Gasteiger partial charge in [-0.25, -0.2) is 8.78 Å². The predicted octanol–water partition coefficient (Wildman–Crippen LogP) is 0.849. The molecular weight excluding hydrogens is 218 g/mol. The number of aromatic amines is 1. The lowest BCUT2D eigenvalue weighted by Crippen LogP contribution is -2.13. The van der Waals surface area contributed by atoms with Crippen LogP contribution >= 0.6 is 0 Å². The van der Waals surface area contributed by atoms with Gasteiger partial charge in [-0.2, -0.15) is 15.4 Å². The highest BCUT2D eigenvalue weighted by atomic mass is 19.1. The summed E-state index contributed by atoms with van der Waals surface area (Å²) >= 11 is 0. The predicted molar refractivity (Wildman–Crippen MR) is 50.3 cm³/mol. The molecule has 5 nitrogen and oxygen atoms in total. The molecule has 82 valence electrons. The van der Waals surface area contributed by atoms with Gasteiger partial charge in [0.2, 0.25) is 0 Å². The number of hydrogen-bond acceptors (Lipinski definition) is 3. The van der Waals surface area contributed by atoms with Crippen LogP contribution in [0.4, 0.5) is 8.78 Å². The van der Waals surface area contributed by atoms with E-state index >= 15 is 0 Å². The molecule has 0 unspecified atom stereocenters. The molecule has 0 fully saturated rings. The van der Waals surface area contributed by atoms with E-state index in [1.807, 2.05) is 0 Å². The van der Waals surface area contributed by atoms with Crippen molar-refractivity contribution in [2.45, 2.75) is 0 Å². The van der Waals surface area contributed by atoms with Gasteiger partial charge in [-0.1, -0.05) is 6.07 Å². The van der Waals surface area contributed by atoms with E-state index in [4.69, 9.17) is 5.73 Å². The quantitative estimate of drug-likeness (QED) is 0.792. The van der Waals surface area contributed by atoms with Crippen molar-refractivity contribution in [3.8, 4) is 11.3 Å². The van der Waals surface area contributed by atoms with Gasteiger partial charge in [0.15, 0.2) is 5.69 Å². The summed E-state index contributed by atoms with van der Waals surface area (Å²) in [6.07, 6.45) is 0. The molecule has 1 amide bonds. The zero-order chi connectivity index (χ0) is 11.7. The van der Waals surface area contributed by atoms with Crippen LogP contribution in [0.5, 0.6) is 0 Å². The second-order valence-corrected chi connectivity index (χ2v) is 2.98.